The van der Waals surface area contributed by atoms with Gasteiger partial charge in [0.25, 0.3) is 5.89 Å². The third-order valence-corrected chi connectivity index (χ3v) is 3.21. The van der Waals surface area contributed by atoms with Crippen molar-refractivity contribution in [1.29, 1.82) is 0 Å². The summed E-state index contributed by atoms with van der Waals surface area (Å²) in [5.74, 6) is 2.23. The topological polar surface area (TPSA) is 68.4 Å². The van der Waals surface area contributed by atoms with Crippen LogP contribution in [0.4, 0.5) is 0 Å². The summed E-state index contributed by atoms with van der Waals surface area (Å²) in [6.45, 7) is 0.0569. The Balaban J connectivity index is 1.67. The van der Waals surface area contributed by atoms with Crippen molar-refractivity contribution < 1.29 is 14.4 Å². The molecule has 2 aromatic rings. The molecule has 5 nitrogen and oxygen atoms in total. The van der Waals surface area contributed by atoms with Crippen LogP contribution in [0.25, 0.3) is 0 Å². The number of aromatic nitrogens is 2. The molecule has 0 amide bonds. The predicted octanol–water partition coefficient (Wildman–Crippen LogP) is 2.67. The lowest BCUT2D eigenvalue weighted by Gasteiger charge is -2.08. The summed E-state index contributed by atoms with van der Waals surface area (Å²) < 4.78 is 10.7. The van der Waals surface area contributed by atoms with Crippen LogP contribution in [-0.4, -0.2) is 15.2 Å². The molecule has 1 fully saturated rings. The Morgan fingerprint density at radius 2 is 2.26 bits per heavy atom. The van der Waals surface area contributed by atoms with Gasteiger partial charge in [-0.25, -0.2) is 0 Å². The number of benzene rings is 1. The van der Waals surface area contributed by atoms with Crippen LogP contribution in [0.2, 0.25) is 5.02 Å². The standard InChI is InChI=1S/C13H13ClN2O3/c14-10-3-4-11(9(5-10)6-17)18-7-12-15-13(16-19-12)8-1-2-8/h3-5,8,17H,1-2,6-7H2. The Bertz CT molecular complexity index is 581. The molecule has 0 saturated heterocycles. The quantitative estimate of drug-likeness (QED) is 0.912. The number of rotatable bonds is 5. The van der Waals surface area contributed by atoms with Gasteiger partial charge < -0.3 is 14.4 Å². The van der Waals surface area contributed by atoms with Crippen molar-refractivity contribution in [3.63, 3.8) is 0 Å². The van der Waals surface area contributed by atoms with Crippen molar-refractivity contribution in [2.75, 3.05) is 0 Å². The molecule has 1 aliphatic rings. The predicted molar refractivity (Wildman–Crippen MR) is 68.0 cm³/mol. The van der Waals surface area contributed by atoms with Crippen LogP contribution in [0, 0.1) is 0 Å². The number of hydrogen-bond donors (Lipinski definition) is 1. The maximum Gasteiger partial charge on any atom is 0.264 e. The Hall–Kier alpha value is -1.59. The molecular formula is C13H13ClN2O3. The van der Waals surface area contributed by atoms with Crippen molar-refractivity contribution in [1.82, 2.24) is 10.1 Å². The molecule has 1 saturated carbocycles. The molecule has 1 aliphatic carbocycles. The summed E-state index contributed by atoms with van der Waals surface area (Å²) in [5.41, 5.74) is 0.634. The van der Waals surface area contributed by atoms with Gasteiger partial charge in [-0.05, 0) is 31.0 Å². The van der Waals surface area contributed by atoms with Gasteiger partial charge in [-0.3, -0.25) is 0 Å². The number of aliphatic hydroxyl groups is 1. The Kier molecular flexibility index (Phi) is 3.40. The zero-order valence-electron chi connectivity index (χ0n) is 10.2. The second-order valence-electron chi connectivity index (χ2n) is 4.52. The van der Waals surface area contributed by atoms with E-state index in [0.717, 1.165) is 18.7 Å². The van der Waals surface area contributed by atoms with E-state index in [1.54, 1.807) is 18.2 Å². The fourth-order valence-electron chi connectivity index (χ4n) is 1.79. The summed E-state index contributed by atoms with van der Waals surface area (Å²) in [5, 5.41) is 13.7. The van der Waals surface area contributed by atoms with E-state index >= 15 is 0 Å². The first-order valence-corrected chi connectivity index (χ1v) is 6.48. The van der Waals surface area contributed by atoms with E-state index in [2.05, 4.69) is 10.1 Å². The highest BCUT2D eigenvalue weighted by atomic mass is 35.5. The first-order valence-electron chi connectivity index (χ1n) is 6.11. The van der Waals surface area contributed by atoms with Gasteiger partial charge in [-0.1, -0.05) is 16.8 Å². The number of hydrogen-bond acceptors (Lipinski definition) is 5. The van der Waals surface area contributed by atoms with Crippen molar-refractivity contribution in [3.8, 4) is 5.75 Å². The van der Waals surface area contributed by atoms with Crippen LogP contribution in [0.15, 0.2) is 22.7 Å². The minimum Gasteiger partial charge on any atom is -0.483 e. The molecule has 0 bridgehead atoms. The molecule has 100 valence electrons. The molecule has 0 spiro atoms. The van der Waals surface area contributed by atoms with Gasteiger partial charge in [0.1, 0.15) is 5.75 Å². The van der Waals surface area contributed by atoms with E-state index < -0.39 is 0 Å². The van der Waals surface area contributed by atoms with Gasteiger partial charge >= 0.3 is 0 Å². The third kappa shape index (κ3) is 2.88. The fourth-order valence-corrected chi connectivity index (χ4v) is 1.98. The van der Waals surface area contributed by atoms with Crippen LogP contribution in [-0.2, 0) is 13.2 Å². The normalized spacial score (nSPS) is 14.6. The summed E-state index contributed by atoms with van der Waals surface area (Å²) in [6, 6.07) is 5.09. The Labute approximate surface area is 115 Å². The van der Waals surface area contributed by atoms with Gasteiger partial charge in [0, 0.05) is 16.5 Å². The highest BCUT2D eigenvalue weighted by Gasteiger charge is 2.28. The average Bonchev–Trinajstić information content (AvgIpc) is 3.17. The second-order valence-corrected chi connectivity index (χ2v) is 4.96. The van der Waals surface area contributed by atoms with E-state index in [-0.39, 0.29) is 13.2 Å². The lowest BCUT2D eigenvalue weighted by molar-refractivity contribution is 0.228. The van der Waals surface area contributed by atoms with Gasteiger partial charge in [0.15, 0.2) is 12.4 Å². The maximum absolute atomic E-state index is 9.24. The number of ether oxygens (including phenoxy) is 1. The van der Waals surface area contributed by atoms with Gasteiger partial charge in [0.2, 0.25) is 0 Å². The van der Waals surface area contributed by atoms with E-state index in [4.69, 9.17) is 20.9 Å². The largest absolute Gasteiger partial charge is 0.483 e. The molecular weight excluding hydrogens is 268 g/mol. The molecule has 0 radical (unpaired) electrons. The van der Waals surface area contributed by atoms with Crippen molar-refractivity contribution in [2.45, 2.75) is 32.0 Å². The lowest BCUT2D eigenvalue weighted by atomic mass is 10.2. The molecule has 0 aliphatic heterocycles. The lowest BCUT2D eigenvalue weighted by Crippen LogP contribution is -1.99. The Morgan fingerprint density at radius 3 is 3.00 bits per heavy atom. The SMILES string of the molecule is OCc1cc(Cl)ccc1OCc1nc(C2CC2)no1. The molecule has 1 aromatic carbocycles. The van der Waals surface area contributed by atoms with Crippen LogP contribution in [0.3, 0.4) is 0 Å². The maximum atomic E-state index is 9.24. The van der Waals surface area contributed by atoms with Crippen LogP contribution < -0.4 is 4.74 Å². The van der Waals surface area contributed by atoms with Gasteiger partial charge in [-0.15, -0.1) is 0 Å². The highest BCUT2D eigenvalue weighted by molar-refractivity contribution is 6.30. The number of nitrogens with zero attached hydrogens (tertiary/aromatic N) is 2. The Morgan fingerprint density at radius 1 is 1.42 bits per heavy atom. The van der Waals surface area contributed by atoms with Gasteiger partial charge in [0.05, 0.1) is 6.61 Å². The molecule has 0 atom stereocenters. The van der Waals surface area contributed by atoms with E-state index in [1.165, 1.54) is 0 Å². The summed E-state index contributed by atoms with van der Waals surface area (Å²) >= 11 is 5.85. The molecule has 1 aromatic heterocycles. The summed E-state index contributed by atoms with van der Waals surface area (Å²) in [6.07, 6.45) is 2.26. The summed E-state index contributed by atoms with van der Waals surface area (Å²) in [4.78, 5) is 4.27. The van der Waals surface area contributed by atoms with Gasteiger partial charge in [-0.2, -0.15) is 4.98 Å². The van der Waals surface area contributed by atoms with Crippen LogP contribution >= 0.6 is 11.6 Å². The van der Waals surface area contributed by atoms with E-state index in [1.807, 2.05) is 0 Å². The fraction of sp³-hybridized carbons (Fsp3) is 0.385. The van der Waals surface area contributed by atoms with Crippen molar-refractivity contribution in [3.05, 3.63) is 40.5 Å². The first kappa shape index (κ1) is 12.4. The van der Waals surface area contributed by atoms with Crippen molar-refractivity contribution in [2.24, 2.45) is 0 Å². The average molecular weight is 281 g/mol. The molecule has 0 unspecified atom stereocenters. The zero-order chi connectivity index (χ0) is 13.2. The van der Waals surface area contributed by atoms with Crippen LogP contribution in [0.5, 0.6) is 5.75 Å². The first-order chi connectivity index (χ1) is 9.26. The molecule has 19 heavy (non-hydrogen) atoms. The minimum absolute atomic E-state index is 0.132. The van der Waals surface area contributed by atoms with Crippen LogP contribution in [0.1, 0.15) is 36.0 Å². The molecule has 3 rings (SSSR count). The molecule has 1 heterocycles. The monoisotopic (exact) mass is 280 g/mol. The molecule has 1 N–H and O–H groups in total. The third-order valence-electron chi connectivity index (χ3n) is 2.97. The highest BCUT2D eigenvalue weighted by Crippen LogP contribution is 2.38. The number of aliphatic hydroxyl groups excluding tert-OH is 1. The minimum atomic E-state index is -0.132. The van der Waals surface area contributed by atoms with E-state index in [9.17, 15) is 5.11 Å². The van der Waals surface area contributed by atoms with Crippen molar-refractivity contribution >= 4 is 11.6 Å². The summed E-state index contributed by atoms with van der Waals surface area (Å²) in [7, 11) is 0. The van der Waals surface area contributed by atoms with E-state index in [0.29, 0.717) is 28.1 Å². The zero-order valence-corrected chi connectivity index (χ0v) is 10.9. The molecule has 6 heteroatoms. The smallest absolute Gasteiger partial charge is 0.264 e. The second kappa shape index (κ2) is 5.19. The number of halogens is 1.